The Bertz CT molecular complexity index is 1470. The van der Waals surface area contributed by atoms with Crippen molar-refractivity contribution in [3.63, 3.8) is 0 Å². The number of piperazine rings is 1. The lowest BCUT2D eigenvalue weighted by molar-refractivity contribution is -0.156. The Morgan fingerprint density at radius 3 is 2.13 bits per heavy atom. The maximum atomic E-state index is 13.9. The highest BCUT2D eigenvalue weighted by Crippen LogP contribution is 2.60. The van der Waals surface area contributed by atoms with Gasteiger partial charge in [0.1, 0.15) is 5.54 Å². The molecule has 0 radical (unpaired) electrons. The smallest absolute Gasteiger partial charge is 0.325 e. The van der Waals surface area contributed by atoms with E-state index in [2.05, 4.69) is 50.3 Å². The van der Waals surface area contributed by atoms with E-state index in [4.69, 9.17) is 10.5 Å². The Balaban J connectivity index is 1.01. The Kier molecular flexibility index (Phi) is 7.90. The molecule has 2 aromatic rings. The van der Waals surface area contributed by atoms with Crippen molar-refractivity contribution in [3.8, 4) is 0 Å². The number of esters is 1. The van der Waals surface area contributed by atoms with Crippen molar-refractivity contribution in [2.45, 2.75) is 64.5 Å². The number of hydrogen-bond donors (Lipinski definition) is 2. The molecular formula is C36H48N6O4. The Hall–Kier alpha value is -3.79. The van der Waals surface area contributed by atoms with Crippen LogP contribution in [-0.4, -0.2) is 80.3 Å². The highest BCUT2D eigenvalue weighted by Gasteiger charge is 2.58. The van der Waals surface area contributed by atoms with Gasteiger partial charge in [-0.05, 0) is 107 Å². The lowest BCUT2D eigenvalue weighted by Crippen LogP contribution is -2.63. The van der Waals surface area contributed by atoms with Crippen molar-refractivity contribution < 1.29 is 19.1 Å². The monoisotopic (exact) mass is 628 g/mol. The van der Waals surface area contributed by atoms with Gasteiger partial charge < -0.3 is 25.6 Å². The summed E-state index contributed by atoms with van der Waals surface area (Å²) in [4.78, 5) is 47.5. The van der Waals surface area contributed by atoms with E-state index in [0.29, 0.717) is 37.5 Å². The quantitative estimate of drug-likeness (QED) is 0.435. The summed E-state index contributed by atoms with van der Waals surface area (Å²) in [6, 6.07) is 16.9. The van der Waals surface area contributed by atoms with Crippen LogP contribution < -0.4 is 25.8 Å². The number of amides is 3. The van der Waals surface area contributed by atoms with Gasteiger partial charge in [-0.25, -0.2) is 4.79 Å². The summed E-state index contributed by atoms with van der Waals surface area (Å²) in [6.45, 7) is 10.7. The molecule has 46 heavy (non-hydrogen) atoms. The van der Waals surface area contributed by atoms with E-state index in [1.165, 1.54) is 0 Å². The Morgan fingerprint density at radius 2 is 1.50 bits per heavy atom. The van der Waals surface area contributed by atoms with E-state index in [1.807, 2.05) is 43.9 Å². The van der Waals surface area contributed by atoms with Crippen LogP contribution in [0.15, 0.2) is 48.5 Å². The standard InChI is InChI=1S/C36H48N6O4/c1-4-46-33(44)35(2,3)40-15-13-39(14-16-40)27-9-11-28(12-10-27)41-17-18-42(30-8-6-5-7-29(30)41)34(45)38-31-25-19-24-20-26(31)23-36(21-24,22-25)32(37)43/h5-12,24-26,31H,4,13-23H2,1-3H3,(H2,37,43)(H,38,45)/t24?,25-,26+,31?,36?. The van der Waals surface area contributed by atoms with Gasteiger partial charge in [0.05, 0.1) is 18.0 Å². The fourth-order valence-electron chi connectivity index (χ4n) is 9.43. The number of anilines is 4. The van der Waals surface area contributed by atoms with Gasteiger partial charge in [0, 0.05) is 62.1 Å². The SMILES string of the molecule is CCOC(=O)C(C)(C)N1CCN(c2ccc(N3CCN(C(=O)NC4[C@@H]5CC6C[C@H]4CC(C(N)=O)(C6)C5)c4ccccc43)cc2)CC1. The van der Waals surface area contributed by atoms with Crippen LogP contribution in [0, 0.1) is 23.2 Å². The first-order valence-electron chi connectivity index (χ1n) is 17.1. The minimum atomic E-state index is -0.637. The zero-order chi connectivity index (χ0) is 32.2. The number of nitrogens with one attached hydrogen (secondary N) is 1. The molecule has 8 rings (SSSR count). The highest BCUT2D eigenvalue weighted by molar-refractivity contribution is 5.98. The van der Waals surface area contributed by atoms with Crippen LogP contribution in [0.2, 0.25) is 0 Å². The maximum absolute atomic E-state index is 13.9. The van der Waals surface area contributed by atoms with Crippen molar-refractivity contribution in [3.05, 3.63) is 48.5 Å². The number of ether oxygens (including phenoxy) is 1. The van der Waals surface area contributed by atoms with Crippen LogP contribution in [0.5, 0.6) is 0 Å². The first kappa shape index (κ1) is 30.8. The van der Waals surface area contributed by atoms with E-state index in [9.17, 15) is 14.4 Å². The molecule has 1 saturated heterocycles. The number of nitrogens with two attached hydrogens (primary N) is 1. The number of hydrogen-bond acceptors (Lipinski definition) is 7. The average Bonchev–Trinajstić information content (AvgIpc) is 3.05. The summed E-state index contributed by atoms with van der Waals surface area (Å²) >= 11 is 0. The number of nitrogens with zero attached hydrogens (tertiary/aromatic N) is 4. The number of rotatable bonds is 7. The van der Waals surface area contributed by atoms with Gasteiger partial charge in [-0.3, -0.25) is 19.4 Å². The van der Waals surface area contributed by atoms with Crippen molar-refractivity contribution >= 4 is 40.7 Å². The molecule has 5 fully saturated rings. The molecule has 3 N–H and O–H groups in total. The van der Waals surface area contributed by atoms with Crippen molar-refractivity contribution in [2.24, 2.45) is 28.9 Å². The van der Waals surface area contributed by atoms with Crippen molar-refractivity contribution in [1.29, 1.82) is 0 Å². The van der Waals surface area contributed by atoms with E-state index >= 15 is 0 Å². The fourth-order valence-corrected chi connectivity index (χ4v) is 9.43. The van der Waals surface area contributed by atoms with Crippen LogP contribution in [0.4, 0.5) is 27.5 Å². The summed E-state index contributed by atoms with van der Waals surface area (Å²) in [5.74, 6) is 0.889. The third kappa shape index (κ3) is 5.28. The van der Waals surface area contributed by atoms with Crippen LogP contribution in [0.25, 0.3) is 0 Å². The van der Waals surface area contributed by atoms with Gasteiger partial charge in [-0.2, -0.15) is 0 Å². The van der Waals surface area contributed by atoms with E-state index in [1.54, 1.807) is 0 Å². The zero-order valence-corrected chi connectivity index (χ0v) is 27.4. The molecule has 10 nitrogen and oxygen atoms in total. The minimum Gasteiger partial charge on any atom is -0.465 e. The van der Waals surface area contributed by atoms with Crippen LogP contribution in [0.1, 0.15) is 52.9 Å². The third-order valence-corrected chi connectivity index (χ3v) is 11.7. The third-order valence-electron chi connectivity index (χ3n) is 11.7. The number of carbonyl (C=O) groups excluding carboxylic acids is 3. The van der Waals surface area contributed by atoms with E-state index < -0.39 is 5.54 Å². The summed E-state index contributed by atoms with van der Waals surface area (Å²) in [7, 11) is 0. The summed E-state index contributed by atoms with van der Waals surface area (Å²) in [5, 5.41) is 3.43. The largest absolute Gasteiger partial charge is 0.465 e. The maximum Gasteiger partial charge on any atom is 0.325 e. The molecular weight excluding hydrogens is 580 g/mol. The fraction of sp³-hybridized carbons (Fsp3) is 0.583. The summed E-state index contributed by atoms with van der Waals surface area (Å²) < 4.78 is 5.31. The topological polar surface area (TPSA) is 111 Å². The molecule has 2 aromatic carbocycles. The van der Waals surface area contributed by atoms with Crippen LogP contribution in [-0.2, 0) is 14.3 Å². The van der Waals surface area contributed by atoms with Gasteiger partial charge in [0.2, 0.25) is 5.91 Å². The number of urea groups is 1. The molecule has 4 bridgehead atoms. The molecule has 10 heteroatoms. The lowest BCUT2D eigenvalue weighted by Gasteiger charge is -2.59. The molecule has 0 spiro atoms. The first-order chi connectivity index (χ1) is 22.1. The van der Waals surface area contributed by atoms with Crippen molar-refractivity contribution in [1.82, 2.24) is 10.2 Å². The van der Waals surface area contributed by atoms with Gasteiger partial charge in [-0.1, -0.05) is 12.1 Å². The van der Waals surface area contributed by atoms with Crippen molar-refractivity contribution in [2.75, 3.05) is 60.6 Å². The highest BCUT2D eigenvalue weighted by atomic mass is 16.5. The minimum absolute atomic E-state index is 0.0432. The van der Waals surface area contributed by atoms with Gasteiger partial charge in [0.25, 0.3) is 0 Å². The summed E-state index contributed by atoms with van der Waals surface area (Å²) in [5.41, 5.74) is 9.08. The molecule has 4 saturated carbocycles. The molecule has 6 aliphatic rings. The Morgan fingerprint density at radius 1 is 0.870 bits per heavy atom. The zero-order valence-electron chi connectivity index (χ0n) is 27.4. The number of para-hydroxylation sites is 2. The Labute approximate surface area is 272 Å². The number of carbonyl (C=O) groups is 3. The first-order valence-corrected chi connectivity index (χ1v) is 17.1. The molecule has 4 aliphatic carbocycles. The lowest BCUT2D eigenvalue weighted by atomic mass is 9.47. The number of primary amides is 1. The van der Waals surface area contributed by atoms with Crippen LogP contribution >= 0.6 is 0 Å². The summed E-state index contributed by atoms with van der Waals surface area (Å²) in [6.07, 6.45) is 4.71. The van der Waals surface area contributed by atoms with Gasteiger partial charge >= 0.3 is 12.0 Å². The second-order valence-corrected chi connectivity index (χ2v) is 14.7. The average molecular weight is 629 g/mol. The molecule has 2 aliphatic heterocycles. The normalized spacial score (nSPS) is 29.0. The second-order valence-electron chi connectivity index (χ2n) is 14.7. The molecule has 2 heterocycles. The predicted molar refractivity (Wildman–Crippen MR) is 179 cm³/mol. The van der Waals surface area contributed by atoms with Gasteiger partial charge in [0.15, 0.2) is 0 Å². The number of fused-ring (bicyclic) bond motifs is 1. The van der Waals surface area contributed by atoms with E-state index in [-0.39, 0.29) is 29.4 Å². The predicted octanol–water partition coefficient (Wildman–Crippen LogP) is 4.50. The molecule has 3 amide bonds. The molecule has 0 aromatic heterocycles. The number of benzene rings is 2. The second kappa shape index (κ2) is 11.8. The molecule has 5 atom stereocenters. The molecule has 246 valence electrons. The van der Waals surface area contributed by atoms with Crippen LogP contribution in [0.3, 0.4) is 0 Å². The van der Waals surface area contributed by atoms with E-state index in [0.717, 1.165) is 81.0 Å². The van der Waals surface area contributed by atoms with Gasteiger partial charge in [-0.15, -0.1) is 0 Å². The molecule has 3 unspecified atom stereocenters.